The lowest BCUT2D eigenvalue weighted by molar-refractivity contribution is 0.306. The molecule has 112 valence electrons. The smallest absolute Gasteiger partial charge is 0.143 e. The van der Waals surface area contributed by atoms with Crippen molar-refractivity contribution in [3.05, 3.63) is 29.0 Å². The number of nitrogens with zero attached hydrogens (tertiary/aromatic N) is 1. The van der Waals surface area contributed by atoms with Gasteiger partial charge in [-0.1, -0.05) is 38.8 Å². The highest BCUT2D eigenvalue weighted by Gasteiger charge is 2.29. The SMILES string of the molecule is CCC(C)C1CN(c2ccc(Cl)c(F)c2)C(CC)CN1. The molecular formula is C16H24ClFN2. The van der Waals surface area contributed by atoms with Crippen LogP contribution >= 0.6 is 11.6 Å². The van der Waals surface area contributed by atoms with Crippen LogP contribution in [-0.4, -0.2) is 25.2 Å². The molecule has 2 nitrogen and oxygen atoms in total. The number of hydrogen-bond acceptors (Lipinski definition) is 2. The molecule has 1 aliphatic rings. The summed E-state index contributed by atoms with van der Waals surface area (Å²) in [5, 5.41) is 3.83. The molecule has 1 aromatic rings. The Balaban J connectivity index is 2.22. The Kier molecular flexibility index (Phi) is 5.28. The van der Waals surface area contributed by atoms with Crippen molar-refractivity contribution in [2.45, 2.75) is 45.7 Å². The molecule has 1 aromatic carbocycles. The van der Waals surface area contributed by atoms with Gasteiger partial charge < -0.3 is 10.2 Å². The van der Waals surface area contributed by atoms with Gasteiger partial charge in [-0.05, 0) is 30.5 Å². The van der Waals surface area contributed by atoms with E-state index in [0.29, 0.717) is 18.0 Å². The summed E-state index contributed by atoms with van der Waals surface area (Å²) in [6.45, 7) is 8.54. The minimum absolute atomic E-state index is 0.190. The van der Waals surface area contributed by atoms with Crippen molar-refractivity contribution < 1.29 is 4.39 Å². The van der Waals surface area contributed by atoms with Crippen LogP contribution in [0.15, 0.2) is 18.2 Å². The highest BCUT2D eigenvalue weighted by Crippen LogP contribution is 2.27. The quantitative estimate of drug-likeness (QED) is 0.901. The second-order valence-electron chi connectivity index (χ2n) is 5.71. The maximum Gasteiger partial charge on any atom is 0.143 e. The molecule has 1 fully saturated rings. The normalized spacial score (nSPS) is 24.8. The molecule has 0 aromatic heterocycles. The molecule has 0 spiro atoms. The highest BCUT2D eigenvalue weighted by molar-refractivity contribution is 6.30. The minimum Gasteiger partial charge on any atom is -0.366 e. The first kappa shape index (κ1) is 15.6. The Morgan fingerprint density at radius 3 is 2.80 bits per heavy atom. The standard InChI is InChI=1S/C16H24ClFN2/c1-4-11(3)16-10-20(12(5-2)9-19-16)13-6-7-14(17)15(18)8-13/h6-8,11-12,16,19H,4-5,9-10H2,1-3H3. The maximum atomic E-state index is 13.7. The molecule has 1 N–H and O–H groups in total. The molecule has 0 amide bonds. The zero-order valence-electron chi connectivity index (χ0n) is 12.5. The van der Waals surface area contributed by atoms with Crippen molar-refractivity contribution in [3.63, 3.8) is 0 Å². The molecule has 0 aliphatic carbocycles. The summed E-state index contributed by atoms with van der Waals surface area (Å²) in [7, 11) is 0. The number of rotatable bonds is 4. The molecule has 1 aliphatic heterocycles. The average molecular weight is 299 g/mol. The number of benzene rings is 1. The van der Waals surface area contributed by atoms with Gasteiger partial charge in [-0.3, -0.25) is 0 Å². The summed E-state index contributed by atoms with van der Waals surface area (Å²) < 4.78 is 13.7. The fourth-order valence-electron chi connectivity index (χ4n) is 2.83. The van der Waals surface area contributed by atoms with Gasteiger partial charge in [0.15, 0.2) is 0 Å². The lowest BCUT2D eigenvalue weighted by Gasteiger charge is -2.43. The van der Waals surface area contributed by atoms with E-state index in [0.717, 1.165) is 31.6 Å². The Bertz CT molecular complexity index is 452. The van der Waals surface area contributed by atoms with Gasteiger partial charge >= 0.3 is 0 Å². The van der Waals surface area contributed by atoms with Crippen LogP contribution in [0.5, 0.6) is 0 Å². The maximum absolute atomic E-state index is 13.7. The number of hydrogen-bond donors (Lipinski definition) is 1. The summed E-state index contributed by atoms with van der Waals surface area (Å²) in [5.41, 5.74) is 0.938. The Hall–Kier alpha value is -0.800. The molecule has 2 rings (SSSR count). The van der Waals surface area contributed by atoms with Gasteiger partial charge in [0.25, 0.3) is 0 Å². The number of anilines is 1. The van der Waals surface area contributed by atoms with Crippen LogP contribution in [0.4, 0.5) is 10.1 Å². The number of nitrogens with one attached hydrogen (secondary N) is 1. The number of piperazine rings is 1. The summed E-state index contributed by atoms with van der Waals surface area (Å²) >= 11 is 5.79. The topological polar surface area (TPSA) is 15.3 Å². The summed E-state index contributed by atoms with van der Waals surface area (Å²) in [4.78, 5) is 2.33. The van der Waals surface area contributed by atoms with Crippen LogP contribution in [0, 0.1) is 11.7 Å². The second-order valence-corrected chi connectivity index (χ2v) is 6.12. The largest absolute Gasteiger partial charge is 0.366 e. The Labute approximate surface area is 126 Å². The van der Waals surface area contributed by atoms with E-state index in [2.05, 4.69) is 31.0 Å². The molecule has 0 radical (unpaired) electrons. The third-order valence-corrected chi connectivity index (χ3v) is 4.79. The van der Waals surface area contributed by atoms with Crippen LogP contribution in [0.1, 0.15) is 33.6 Å². The second kappa shape index (κ2) is 6.77. The van der Waals surface area contributed by atoms with Gasteiger partial charge in [-0.2, -0.15) is 0 Å². The van der Waals surface area contributed by atoms with Crippen molar-refractivity contribution in [2.24, 2.45) is 5.92 Å². The van der Waals surface area contributed by atoms with Gasteiger partial charge in [-0.15, -0.1) is 0 Å². The predicted molar refractivity (Wildman–Crippen MR) is 84.1 cm³/mol. The first-order valence-corrected chi connectivity index (χ1v) is 7.89. The van der Waals surface area contributed by atoms with E-state index in [1.54, 1.807) is 12.1 Å². The zero-order chi connectivity index (χ0) is 14.7. The third kappa shape index (κ3) is 3.26. The van der Waals surface area contributed by atoms with Crippen LogP contribution in [-0.2, 0) is 0 Å². The lowest BCUT2D eigenvalue weighted by atomic mass is 9.94. The minimum atomic E-state index is -0.336. The van der Waals surface area contributed by atoms with Gasteiger partial charge in [0.2, 0.25) is 0 Å². The van der Waals surface area contributed by atoms with E-state index in [1.165, 1.54) is 0 Å². The monoisotopic (exact) mass is 298 g/mol. The van der Waals surface area contributed by atoms with E-state index < -0.39 is 0 Å². The van der Waals surface area contributed by atoms with Crippen LogP contribution in [0.25, 0.3) is 0 Å². The summed E-state index contributed by atoms with van der Waals surface area (Å²) in [6, 6.07) is 6.01. The zero-order valence-corrected chi connectivity index (χ0v) is 13.3. The van der Waals surface area contributed by atoms with E-state index >= 15 is 0 Å². The van der Waals surface area contributed by atoms with Gasteiger partial charge in [0.1, 0.15) is 5.82 Å². The molecule has 1 heterocycles. The first-order valence-electron chi connectivity index (χ1n) is 7.51. The Morgan fingerprint density at radius 2 is 2.20 bits per heavy atom. The van der Waals surface area contributed by atoms with Crippen LogP contribution < -0.4 is 10.2 Å². The van der Waals surface area contributed by atoms with Crippen molar-refractivity contribution >= 4 is 17.3 Å². The van der Waals surface area contributed by atoms with E-state index in [1.807, 2.05) is 6.07 Å². The molecular weight excluding hydrogens is 275 g/mol. The molecule has 0 bridgehead atoms. The van der Waals surface area contributed by atoms with Crippen molar-refractivity contribution in [1.82, 2.24) is 5.32 Å². The van der Waals surface area contributed by atoms with Crippen molar-refractivity contribution in [3.8, 4) is 0 Å². The molecule has 3 unspecified atom stereocenters. The number of halogens is 2. The lowest BCUT2D eigenvalue weighted by Crippen LogP contribution is -2.58. The first-order chi connectivity index (χ1) is 9.56. The van der Waals surface area contributed by atoms with E-state index in [4.69, 9.17) is 11.6 Å². The molecule has 20 heavy (non-hydrogen) atoms. The van der Waals surface area contributed by atoms with Crippen molar-refractivity contribution in [1.29, 1.82) is 0 Å². The summed E-state index contributed by atoms with van der Waals surface area (Å²) in [5.74, 6) is 0.282. The molecule has 0 saturated carbocycles. The average Bonchev–Trinajstić information content (AvgIpc) is 2.48. The van der Waals surface area contributed by atoms with Crippen LogP contribution in [0.2, 0.25) is 5.02 Å². The van der Waals surface area contributed by atoms with Gasteiger partial charge in [0.05, 0.1) is 5.02 Å². The highest BCUT2D eigenvalue weighted by atomic mass is 35.5. The summed E-state index contributed by atoms with van der Waals surface area (Å²) in [6.07, 6.45) is 2.20. The van der Waals surface area contributed by atoms with Crippen LogP contribution in [0.3, 0.4) is 0 Å². The van der Waals surface area contributed by atoms with Gasteiger partial charge in [0, 0.05) is 30.9 Å². The van der Waals surface area contributed by atoms with E-state index in [9.17, 15) is 4.39 Å². The third-order valence-electron chi connectivity index (χ3n) is 4.49. The fourth-order valence-corrected chi connectivity index (χ4v) is 2.95. The molecule has 4 heteroatoms. The molecule has 1 saturated heterocycles. The Morgan fingerprint density at radius 1 is 1.45 bits per heavy atom. The van der Waals surface area contributed by atoms with Gasteiger partial charge in [-0.25, -0.2) is 4.39 Å². The fraction of sp³-hybridized carbons (Fsp3) is 0.625. The predicted octanol–water partition coefficient (Wildman–Crippen LogP) is 4.08. The molecule has 3 atom stereocenters. The van der Waals surface area contributed by atoms with E-state index in [-0.39, 0.29) is 10.8 Å². The van der Waals surface area contributed by atoms with Crippen molar-refractivity contribution in [2.75, 3.05) is 18.0 Å².